The number of ether oxygens (including phenoxy) is 1. The molecular formula is C19H20FNO5S. The third-order valence-electron chi connectivity index (χ3n) is 3.81. The summed E-state index contributed by atoms with van der Waals surface area (Å²) < 4.78 is 44.8. The van der Waals surface area contributed by atoms with Crippen molar-refractivity contribution in [3.8, 4) is 0 Å². The number of esters is 1. The minimum absolute atomic E-state index is 0.0168. The van der Waals surface area contributed by atoms with Gasteiger partial charge < -0.3 is 4.74 Å². The van der Waals surface area contributed by atoms with E-state index < -0.39 is 39.7 Å². The van der Waals surface area contributed by atoms with Crippen molar-refractivity contribution < 1.29 is 27.1 Å². The lowest BCUT2D eigenvalue weighted by molar-refractivity contribution is -0.147. The molecule has 1 N–H and O–H groups in total. The topological polar surface area (TPSA) is 89.5 Å². The van der Waals surface area contributed by atoms with Crippen molar-refractivity contribution >= 4 is 21.8 Å². The van der Waals surface area contributed by atoms with E-state index in [1.807, 2.05) is 6.92 Å². The third kappa shape index (κ3) is 5.45. The van der Waals surface area contributed by atoms with Gasteiger partial charge in [0.1, 0.15) is 11.9 Å². The number of rotatable bonds is 7. The van der Waals surface area contributed by atoms with E-state index in [4.69, 9.17) is 4.74 Å². The van der Waals surface area contributed by atoms with Crippen molar-refractivity contribution in [2.75, 3.05) is 0 Å². The van der Waals surface area contributed by atoms with E-state index in [0.717, 1.165) is 17.7 Å². The summed E-state index contributed by atoms with van der Waals surface area (Å²) in [7, 11) is -3.91. The first-order valence-corrected chi connectivity index (χ1v) is 9.68. The molecular weight excluding hydrogens is 373 g/mol. The number of benzene rings is 2. The molecule has 2 aromatic carbocycles. The molecule has 2 rings (SSSR count). The predicted molar refractivity (Wildman–Crippen MR) is 97.2 cm³/mol. The van der Waals surface area contributed by atoms with Crippen LogP contribution in [0, 0.1) is 12.7 Å². The molecule has 0 aliphatic heterocycles. The number of nitrogens with one attached hydrogen (secondary N) is 1. The van der Waals surface area contributed by atoms with Gasteiger partial charge >= 0.3 is 5.97 Å². The molecule has 0 amide bonds. The highest BCUT2D eigenvalue weighted by molar-refractivity contribution is 7.89. The number of hydrogen-bond acceptors (Lipinski definition) is 5. The zero-order chi connectivity index (χ0) is 20.2. The maximum Gasteiger partial charge on any atom is 0.324 e. The molecule has 0 heterocycles. The van der Waals surface area contributed by atoms with E-state index in [9.17, 15) is 22.4 Å². The van der Waals surface area contributed by atoms with Crippen LogP contribution >= 0.6 is 0 Å². The molecule has 2 aromatic rings. The Morgan fingerprint density at radius 1 is 1.00 bits per heavy atom. The average Bonchev–Trinajstić information content (AvgIpc) is 2.61. The van der Waals surface area contributed by atoms with E-state index >= 15 is 0 Å². The van der Waals surface area contributed by atoms with Crippen LogP contribution in [0.15, 0.2) is 53.4 Å². The highest BCUT2D eigenvalue weighted by Crippen LogP contribution is 2.12. The Labute approximate surface area is 157 Å². The Hall–Kier alpha value is -2.58. The second-order valence-corrected chi connectivity index (χ2v) is 7.82. The number of hydrogen-bond donors (Lipinski definition) is 1. The Morgan fingerprint density at radius 3 is 2.11 bits per heavy atom. The minimum atomic E-state index is -3.91. The fourth-order valence-corrected chi connectivity index (χ4v) is 3.44. The monoisotopic (exact) mass is 393 g/mol. The number of sulfonamides is 1. The lowest BCUT2D eigenvalue weighted by Gasteiger charge is -2.17. The number of aryl methyl sites for hydroxylation is 1. The van der Waals surface area contributed by atoms with Crippen LogP contribution in [0.4, 0.5) is 4.39 Å². The second-order valence-electron chi connectivity index (χ2n) is 6.11. The molecule has 0 aromatic heterocycles. The Kier molecular flexibility index (Phi) is 6.45. The largest absolute Gasteiger partial charge is 0.453 e. The van der Waals surface area contributed by atoms with E-state index in [0.29, 0.717) is 0 Å². The van der Waals surface area contributed by atoms with Crippen LogP contribution in [0.1, 0.15) is 29.8 Å². The predicted octanol–water partition coefficient (Wildman–Crippen LogP) is 2.62. The fraction of sp³-hybridized carbons (Fsp3) is 0.263. The first-order valence-electron chi connectivity index (χ1n) is 8.19. The van der Waals surface area contributed by atoms with Gasteiger partial charge in [-0.2, -0.15) is 4.72 Å². The van der Waals surface area contributed by atoms with Crippen LogP contribution in [0.2, 0.25) is 0 Å². The number of carbonyl (C=O) groups is 2. The molecule has 144 valence electrons. The molecule has 2 atom stereocenters. The number of halogens is 1. The first kappa shape index (κ1) is 20.7. The maximum absolute atomic E-state index is 12.9. The maximum atomic E-state index is 12.9. The van der Waals surface area contributed by atoms with Gasteiger partial charge in [-0.05, 0) is 57.2 Å². The van der Waals surface area contributed by atoms with Crippen LogP contribution < -0.4 is 4.72 Å². The smallest absolute Gasteiger partial charge is 0.324 e. The molecule has 0 saturated carbocycles. The SMILES string of the molecule is Cc1ccc(S(=O)(=O)N[C@@H](C)C(=O)O[C@H](C)C(=O)c2ccc(F)cc2)cc1. The van der Waals surface area contributed by atoms with Crippen LogP contribution in [0.25, 0.3) is 0 Å². The van der Waals surface area contributed by atoms with Gasteiger partial charge in [-0.1, -0.05) is 17.7 Å². The molecule has 0 bridgehead atoms. The lowest BCUT2D eigenvalue weighted by Crippen LogP contribution is -2.41. The first-order chi connectivity index (χ1) is 12.6. The van der Waals surface area contributed by atoms with Crippen molar-refractivity contribution in [3.63, 3.8) is 0 Å². The van der Waals surface area contributed by atoms with Crippen LogP contribution in [-0.4, -0.2) is 32.3 Å². The van der Waals surface area contributed by atoms with Crippen molar-refractivity contribution in [2.45, 2.75) is 37.8 Å². The highest BCUT2D eigenvalue weighted by atomic mass is 32.2. The molecule has 0 unspecified atom stereocenters. The fourth-order valence-electron chi connectivity index (χ4n) is 2.24. The molecule has 0 radical (unpaired) electrons. The van der Waals surface area contributed by atoms with Gasteiger partial charge in [-0.15, -0.1) is 0 Å². The summed E-state index contributed by atoms with van der Waals surface area (Å²) in [6.45, 7) is 4.51. The molecule has 27 heavy (non-hydrogen) atoms. The number of ketones is 1. The summed E-state index contributed by atoms with van der Waals surface area (Å²) in [5.74, 6) is -1.90. The molecule has 0 fully saturated rings. The minimum Gasteiger partial charge on any atom is -0.453 e. The van der Waals surface area contributed by atoms with Crippen molar-refractivity contribution in [1.29, 1.82) is 0 Å². The quantitative estimate of drug-likeness (QED) is 0.577. The van der Waals surface area contributed by atoms with Gasteiger partial charge in [0, 0.05) is 5.56 Å². The summed E-state index contributed by atoms with van der Waals surface area (Å²) in [6.07, 6.45) is -1.14. The van der Waals surface area contributed by atoms with Crippen molar-refractivity contribution in [2.24, 2.45) is 0 Å². The van der Waals surface area contributed by atoms with Gasteiger partial charge in [-0.3, -0.25) is 9.59 Å². The Morgan fingerprint density at radius 2 is 1.56 bits per heavy atom. The van der Waals surface area contributed by atoms with Gasteiger partial charge in [0.05, 0.1) is 4.90 Å². The highest BCUT2D eigenvalue weighted by Gasteiger charge is 2.26. The van der Waals surface area contributed by atoms with Gasteiger partial charge in [0.25, 0.3) is 0 Å². The standard InChI is InChI=1S/C19H20FNO5S/c1-12-4-10-17(11-5-12)27(24,25)21-13(2)19(23)26-14(3)18(22)15-6-8-16(20)9-7-15/h4-11,13-14,21H,1-3H3/t13-,14+/m0/s1. The van der Waals surface area contributed by atoms with E-state index in [-0.39, 0.29) is 10.5 Å². The van der Waals surface area contributed by atoms with Crippen LogP contribution in [0.5, 0.6) is 0 Å². The summed E-state index contributed by atoms with van der Waals surface area (Å²) in [6, 6.07) is 9.76. The third-order valence-corrected chi connectivity index (χ3v) is 5.36. The molecule has 0 aliphatic rings. The number of carbonyl (C=O) groups excluding carboxylic acids is 2. The second kappa shape index (κ2) is 8.41. The van der Waals surface area contributed by atoms with Crippen LogP contribution in [-0.2, 0) is 19.6 Å². The van der Waals surface area contributed by atoms with Gasteiger partial charge in [-0.25, -0.2) is 12.8 Å². The molecule has 8 heteroatoms. The summed E-state index contributed by atoms with van der Waals surface area (Å²) in [4.78, 5) is 24.4. The summed E-state index contributed by atoms with van der Waals surface area (Å²) >= 11 is 0. The zero-order valence-electron chi connectivity index (χ0n) is 15.1. The average molecular weight is 393 g/mol. The zero-order valence-corrected chi connectivity index (χ0v) is 15.9. The Balaban J connectivity index is 2.01. The summed E-state index contributed by atoms with van der Waals surface area (Å²) in [5, 5.41) is 0. The van der Waals surface area contributed by atoms with Crippen LogP contribution in [0.3, 0.4) is 0 Å². The van der Waals surface area contributed by atoms with E-state index in [1.165, 1.54) is 38.1 Å². The van der Waals surface area contributed by atoms with Gasteiger partial charge in [0.15, 0.2) is 6.10 Å². The van der Waals surface area contributed by atoms with E-state index in [1.54, 1.807) is 12.1 Å². The molecule has 0 saturated heterocycles. The lowest BCUT2D eigenvalue weighted by atomic mass is 10.1. The van der Waals surface area contributed by atoms with Gasteiger partial charge in [0.2, 0.25) is 15.8 Å². The Bertz CT molecular complexity index is 924. The normalized spacial score (nSPS) is 13.6. The molecule has 0 aliphatic carbocycles. The van der Waals surface area contributed by atoms with Crippen molar-refractivity contribution in [1.82, 2.24) is 4.72 Å². The number of Topliss-reactive ketones (excluding diaryl/α,β-unsaturated/α-hetero) is 1. The molecule has 0 spiro atoms. The van der Waals surface area contributed by atoms with E-state index in [2.05, 4.69) is 4.72 Å². The molecule has 6 nitrogen and oxygen atoms in total. The summed E-state index contributed by atoms with van der Waals surface area (Å²) in [5.41, 5.74) is 1.08. The van der Waals surface area contributed by atoms with Crippen molar-refractivity contribution in [3.05, 3.63) is 65.5 Å².